The molecule has 4 atom stereocenters. The topological polar surface area (TPSA) is 94.5 Å². The van der Waals surface area contributed by atoms with Crippen LogP contribution in [0.25, 0.3) is 0 Å². The van der Waals surface area contributed by atoms with Gasteiger partial charge in [0, 0.05) is 48.6 Å². The first-order valence-electron chi connectivity index (χ1n) is 12.1. The van der Waals surface area contributed by atoms with Crippen LogP contribution in [0.4, 0.5) is 4.79 Å². The summed E-state index contributed by atoms with van der Waals surface area (Å²) in [7, 11) is 6.98. The van der Waals surface area contributed by atoms with E-state index >= 15 is 0 Å². The molecule has 1 aliphatic rings. The van der Waals surface area contributed by atoms with Gasteiger partial charge in [-0.05, 0) is 44.2 Å². The van der Waals surface area contributed by atoms with Crippen LogP contribution in [0.3, 0.4) is 0 Å². The number of carbonyl (C=O) groups excluding carboxylic acids is 2. The highest BCUT2D eigenvalue weighted by Crippen LogP contribution is 2.39. The highest BCUT2D eigenvalue weighted by atomic mass is 33.1. The van der Waals surface area contributed by atoms with E-state index in [2.05, 4.69) is 0 Å². The van der Waals surface area contributed by atoms with Gasteiger partial charge in [0.25, 0.3) is 0 Å². The molecule has 3 unspecified atom stereocenters. The Morgan fingerprint density at radius 1 is 1.14 bits per heavy atom. The molecule has 198 valence electrons. The number of rotatable bonds is 14. The molecule has 2 rings (SSSR count). The van der Waals surface area contributed by atoms with Crippen LogP contribution in [0.15, 0.2) is 18.2 Å². The van der Waals surface area contributed by atoms with Gasteiger partial charge >= 0.3 is 12.1 Å². The van der Waals surface area contributed by atoms with Gasteiger partial charge < -0.3 is 29.0 Å². The fourth-order valence-corrected chi connectivity index (χ4v) is 6.71. The van der Waals surface area contributed by atoms with Crippen molar-refractivity contribution in [2.45, 2.75) is 77.0 Å². The summed E-state index contributed by atoms with van der Waals surface area (Å²) < 4.78 is 21.5. The number of aliphatic hydroxyl groups excluding tert-OH is 1. The van der Waals surface area contributed by atoms with Crippen LogP contribution in [0.2, 0.25) is 0 Å². The van der Waals surface area contributed by atoms with Crippen molar-refractivity contribution in [3.8, 4) is 11.5 Å². The minimum absolute atomic E-state index is 0.0900. The van der Waals surface area contributed by atoms with Gasteiger partial charge in [0.05, 0.1) is 20.8 Å². The molecule has 1 N–H and O–H groups in total. The van der Waals surface area contributed by atoms with Crippen LogP contribution in [0.5, 0.6) is 11.5 Å². The van der Waals surface area contributed by atoms with Gasteiger partial charge in [-0.2, -0.15) is 0 Å². The zero-order valence-electron chi connectivity index (χ0n) is 21.4. The summed E-state index contributed by atoms with van der Waals surface area (Å²) in [6.07, 6.45) is 2.74. The predicted octanol–water partition coefficient (Wildman–Crippen LogP) is 5.26. The van der Waals surface area contributed by atoms with E-state index in [0.29, 0.717) is 23.2 Å². The monoisotopic (exact) mass is 529 g/mol. The maximum atomic E-state index is 13.1. The highest BCUT2D eigenvalue weighted by molar-refractivity contribution is 8.77. The molecular formula is C25H39NO7S2. The summed E-state index contributed by atoms with van der Waals surface area (Å²) >= 11 is 0. The molecule has 1 aromatic carbocycles. The van der Waals surface area contributed by atoms with Gasteiger partial charge in [-0.1, -0.05) is 34.9 Å². The molecule has 8 nitrogen and oxygen atoms in total. The van der Waals surface area contributed by atoms with E-state index in [1.54, 1.807) is 26.4 Å². The van der Waals surface area contributed by atoms with Gasteiger partial charge in [-0.25, -0.2) is 4.79 Å². The van der Waals surface area contributed by atoms with Crippen LogP contribution in [0.1, 0.15) is 58.4 Å². The average Bonchev–Trinajstić information content (AvgIpc) is 3.37. The number of benzene rings is 1. The zero-order valence-corrected chi connectivity index (χ0v) is 23.0. The number of hydrogen-bond acceptors (Lipinski definition) is 9. The molecule has 0 radical (unpaired) electrons. The Morgan fingerprint density at radius 3 is 2.54 bits per heavy atom. The van der Waals surface area contributed by atoms with Crippen molar-refractivity contribution in [3.63, 3.8) is 0 Å². The second kappa shape index (κ2) is 15.4. The van der Waals surface area contributed by atoms with Crippen LogP contribution in [-0.4, -0.2) is 66.2 Å². The van der Waals surface area contributed by atoms with Crippen LogP contribution in [-0.2, 0) is 20.8 Å². The zero-order chi connectivity index (χ0) is 25.8. The lowest BCUT2D eigenvalue weighted by Crippen LogP contribution is -2.44. The maximum absolute atomic E-state index is 13.1. The molecule has 1 heterocycles. The van der Waals surface area contributed by atoms with Gasteiger partial charge in [0.1, 0.15) is 11.5 Å². The van der Waals surface area contributed by atoms with Crippen molar-refractivity contribution < 1.29 is 33.6 Å². The second-order valence-corrected chi connectivity index (χ2v) is 11.5. The molecule has 35 heavy (non-hydrogen) atoms. The fraction of sp³-hybridized carbons (Fsp3) is 0.680. The molecule has 10 heteroatoms. The molecule has 1 fully saturated rings. The molecule has 1 saturated heterocycles. The number of nitrogens with zero attached hydrogens (tertiary/aromatic N) is 1. The largest absolute Gasteiger partial charge is 0.497 e. The Kier molecular flexibility index (Phi) is 12.9. The molecule has 1 aliphatic heterocycles. The third kappa shape index (κ3) is 9.65. The molecule has 1 aromatic rings. The third-order valence-electron chi connectivity index (χ3n) is 6.12. The summed E-state index contributed by atoms with van der Waals surface area (Å²) in [5.41, 5.74) is 0.755. The van der Waals surface area contributed by atoms with Crippen molar-refractivity contribution in [2.75, 3.05) is 26.6 Å². The fourth-order valence-electron chi connectivity index (χ4n) is 3.68. The third-order valence-corrected chi connectivity index (χ3v) is 9.13. The molecule has 1 amide bonds. The highest BCUT2D eigenvalue weighted by Gasteiger charge is 2.29. The number of ether oxygens (including phenoxy) is 4. The molecule has 0 saturated carbocycles. The summed E-state index contributed by atoms with van der Waals surface area (Å²) in [6, 6.07) is 5.01. The second-order valence-electron chi connectivity index (χ2n) is 8.72. The lowest BCUT2D eigenvalue weighted by molar-refractivity contribution is -0.166. The lowest BCUT2D eigenvalue weighted by atomic mass is 10.0. The van der Waals surface area contributed by atoms with Crippen LogP contribution in [0, 0.1) is 5.92 Å². The number of carbonyl (C=O) groups is 2. The van der Waals surface area contributed by atoms with Gasteiger partial charge in [0.2, 0.25) is 6.29 Å². The molecule has 0 aliphatic carbocycles. The Bertz CT molecular complexity index is 804. The minimum atomic E-state index is -1.02. The summed E-state index contributed by atoms with van der Waals surface area (Å²) in [5.74, 6) is 1.84. The molecule has 0 bridgehead atoms. The van der Waals surface area contributed by atoms with Crippen molar-refractivity contribution in [2.24, 2.45) is 5.92 Å². The van der Waals surface area contributed by atoms with Gasteiger partial charge in [-0.3, -0.25) is 4.79 Å². The number of methoxy groups -OCH3 is 2. The Morgan fingerprint density at radius 2 is 1.91 bits per heavy atom. The first-order valence-corrected chi connectivity index (χ1v) is 14.4. The quantitative estimate of drug-likeness (QED) is 0.150. The first-order chi connectivity index (χ1) is 16.8. The molecule has 0 aromatic heterocycles. The lowest BCUT2D eigenvalue weighted by Gasteiger charge is -2.33. The van der Waals surface area contributed by atoms with E-state index in [1.165, 1.54) is 24.0 Å². The van der Waals surface area contributed by atoms with Crippen LogP contribution >= 0.6 is 21.6 Å². The Balaban J connectivity index is 1.94. The van der Waals surface area contributed by atoms with Crippen LogP contribution < -0.4 is 9.47 Å². The summed E-state index contributed by atoms with van der Waals surface area (Å²) in [5, 5.41) is 10.3. The van der Waals surface area contributed by atoms with E-state index in [0.717, 1.165) is 24.8 Å². The van der Waals surface area contributed by atoms with E-state index in [4.69, 9.17) is 18.9 Å². The van der Waals surface area contributed by atoms with Crippen molar-refractivity contribution in [3.05, 3.63) is 23.8 Å². The van der Waals surface area contributed by atoms with E-state index < -0.39 is 12.4 Å². The Hall–Kier alpha value is -1.78. The van der Waals surface area contributed by atoms with Crippen molar-refractivity contribution in [1.29, 1.82) is 0 Å². The standard InChI is InChI=1S/C25H39NO7S2/c1-17(16-27)18(2)26(15-20-10-11-21(30-4)14-23(20)31-5)25(29)33-19(3)32-24(28)9-7-6-8-22-12-13-34-35-22/h10-11,14,17-19,22,27H,6-9,12-13,15-16H2,1-5H3/t17?,18?,19?,22-/m1/s1. The van der Waals surface area contributed by atoms with E-state index in [1.807, 2.05) is 41.5 Å². The van der Waals surface area contributed by atoms with E-state index in [-0.39, 0.29) is 31.1 Å². The smallest absolute Gasteiger partial charge is 0.413 e. The van der Waals surface area contributed by atoms with Gasteiger partial charge in [-0.15, -0.1) is 0 Å². The SMILES string of the molecule is COc1ccc(CN(C(=O)OC(C)OC(=O)CCCC[C@@H]2CCSS2)C(C)C(C)CO)c(OC)c1. The maximum Gasteiger partial charge on any atom is 0.413 e. The Labute approximate surface area is 216 Å². The first kappa shape index (κ1) is 29.5. The summed E-state index contributed by atoms with van der Waals surface area (Å²) in [6.45, 7) is 5.33. The normalized spacial score (nSPS) is 17.8. The minimum Gasteiger partial charge on any atom is -0.497 e. The number of unbranched alkanes of at least 4 members (excludes halogenated alkanes) is 1. The van der Waals surface area contributed by atoms with Crippen molar-refractivity contribution >= 4 is 33.7 Å². The molecular weight excluding hydrogens is 490 g/mol. The van der Waals surface area contributed by atoms with Gasteiger partial charge in [0.15, 0.2) is 0 Å². The van der Waals surface area contributed by atoms with E-state index in [9.17, 15) is 14.7 Å². The predicted molar refractivity (Wildman–Crippen MR) is 140 cm³/mol. The summed E-state index contributed by atoms with van der Waals surface area (Å²) in [4.78, 5) is 26.8. The average molecular weight is 530 g/mol. The molecule has 0 spiro atoms. The number of esters is 1. The number of amides is 1. The number of aliphatic hydroxyl groups is 1. The van der Waals surface area contributed by atoms with Crippen molar-refractivity contribution in [1.82, 2.24) is 4.90 Å². The number of hydrogen-bond donors (Lipinski definition) is 1.